The van der Waals surface area contributed by atoms with Crippen LogP contribution in [0.2, 0.25) is 0 Å². The molecule has 1 unspecified atom stereocenters. The van der Waals surface area contributed by atoms with Crippen LogP contribution in [0.3, 0.4) is 0 Å². The molecule has 1 aromatic carbocycles. The molecule has 0 bridgehead atoms. The quantitative estimate of drug-likeness (QED) is 0.114. The highest BCUT2D eigenvalue weighted by Gasteiger charge is 2.37. The van der Waals surface area contributed by atoms with E-state index < -0.39 is 17.7 Å². The molecule has 0 saturated carbocycles. The van der Waals surface area contributed by atoms with Gasteiger partial charge in [-0.2, -0.15) is 0 Å². The minimum Gasteiger partial charge on any atom is -0.487 e. The molecule has 1 atom stereocenters. The van der Waals surface area contributed by atoms with Gasteiger partial charge in [0.15, 0.2) is 0 Å². The first kappa shape index (κ1) is 38.1. The van der Waals surface area contributed by atoms with E-state index in [9.17, 15) is 14.7 Å². The Morgan fingerprint density at radius 3 is 1.80 bits per heavy atom. The first-order valence-corrected chi connectivity index (χ1v) is 17.6. The van der Waals surface area contributed by atoms with Gasteiger partial charge in [-0.15, -0.1) is 0 Å². The van der Waals surface area contributed by atoms with E-state index in [1.807, 2.05) is 57.2 Å². The normalized spacial score (nSPS) is 12.1. The van der Waals surface area contributed by atoms with Crippen LogP contribution in [-0.2, 0) is 17.8 Å². The van der Waals surface area contributed by atoms with Gasteiger partial charge < -0.3 is 15.2 Å². The van der Waals surface area contributed by atoms with Crippen LogP contribution in [0.5, 0.6) is 5.75 Å². The number of carboxylic acid groups (broad SMARTS) is 1. The molecule has 2 amide bonds. The van der Waals surface area contributed by atoms with E-state index in [2.05, 4.69) is 17.2 Å². The molecule has 7 heteroatoms. The van der Waals surface area contributed by atoms with E-state index in [4.69, 9.17) is 4.74 Å². The van der Waals surface area contributed by atoms with Crippen molar-refractivity contribution >= 4 is 12.0 Å². The van der Waals surface area contributed by atoms with Gasteiger partial charge in [0.2, 0.25) is 5.91 Å². The fraction of sp³-hybridized carbons (Fsp3) is 0.658. The molecule has 2 rings (SSSR count). The van der Waals surface area contributed by atoms with Gasteiger partial charge in [0, 0.05) is 24.2 Å². The number of rotatable bonds is 24. The third kappa shape index (κ3) is 16.7. The summed E-state index contributed by atoms with van der Waals surface area (Å²) in [6.07, 6.45) is 21.5. The van der Waals surface area contributed by atoms with Crippen LogP contribution in [0, 0.1) is 0 Å². The fourth-order valence-corrected chi connectivity index (χ4v) is 5.75. The SMILES string of the molecule is CCCCCCCCCCCCCCCCCCNC(=O)C(Cc1ccc(OCc2ccccc2)cn1)N(C(=O)O)C(C)(C)C. The predicted octanol–water partition coefficient (Wildman–Crippen LogP) is 9.73. The van der Waals surface area contributed by atoms with Crippen molar-refractivity contribution in [3.63, 3.8) is 0 Å². The molecule has 2 N–H and O–H groups in total. The molecule has 0 spiro atoms. The number of ether oxygens (including phenoxy) is 1. The molecule has 0 radical (unpaired) electrons. The number of unbranched alkanes of at least 4 members (excludes halogenated alkanes) is 15. The van der Waals surface area contributed by atoms with Gasteiger partial charge in [-0.1, -0.05) is 134 Å². The Bertz CT molecular complexity index is 1050. The Morgan fingerprint density at radius 2 is 1.33 bits per heavy atom. The van der Waals surface area contributed by atoms with E-state index in [0.717, 1.165) is 18.4 Å². The summed E-state index contributed by atoms with van der Waals surface area (Å²) in [7, 11) is 0. The van der Waals surface area contributed by atoms with E-state index in [-0.39, 0.29) is 12.3 Å². The highest BCUT2D eigenvalue weighted by atomic mass is 16.5. The Balaban J connectivity index is 1.70. The molecule has 0 aliphatic heterocycles. The smallest absolute Gasteiger partial charge is 0.408 e. The Labute approximate surface area is 273 Å². The summed E-state index contributed by atoms with van der Waals surface area (Å²) in [6, 6.07) is 12.6. The molecular formula is C38H61N3O4. The Kier molecular flexibility index (Phi) is 19.0. The predicted molar refractivity (Wildman–Crippen MR) is 185 cm³/mol. The van der Waals surface area contributed by atoms with E-state index in [0.29, 0.717) is 24.6 Å². The van der Waals surface area contributed by atoms with Gasteiger partial charge in [-0.05, 0) is 44.9 Å². The molecule has 0 fully saturated rings. The highest BCUT2D eigenvalue weighted by Crippen LogP contribution is 2.22. The van der Waals surface area contributed by atoms with Crippen molar-refractivity contribution in [1.82, 2.24) is 15.2 Å². The fourth-order valence-electron chi connectivity index (χ4n) is 5.75. The molecule has 45 heavy (non-hydrogen) atoms. The minimum absolute atomic E-state index is 0.188. The number of amides is 2. The number of hydrogen-bond acceptors (Lipinski definition) is 4. The summed E-state index contributed by atoms with van der Waals surface area (Å²) in [4.78, 5) is 31.4. The average molecular weight is 624 g/mol. The minimum atomic E-state index is -1.12. The molecule has 0 saturated heterocycles. The number of aromatic nitrogens is 1. The topological polar surface area (TPSA) is 91.8 Å². The second-order valence-electron chi connectivity index (χ2n) is 13.4. The maximum atomic E-state index is 13.4. The zero-order chi connectivity index (χ0) is 32.8. The first-order valence-electron chi connectivity index (χ1n) is 17.6. The molecule has 1 heterocycles. The Morgan fingerprint density at radius 1 is 0.800 bits per heavy atom. The highest BCUT2D eigenvalue weighted by molar-refractivity contribution is 5.86. The Hall–Kier alpha value is -3.09. The number of nitrogens with one attached hydrogen (secondary N) is 1. The van der Waals surface area contributed by atoms with Gasteiger partial charge in [0.05, 0.1) is 6.20 Å². The lowest BCUT2D eigenvalue weighted by Gasteiger charge is -2.38. The molecule has 0 aliphatic carbocycles. The van der Waals surface area contributed by atoms with Gasteiger partial charge in [-0.3, -0.25) is 14.7 Å². The van der Waals surface area contributed by atoms with Crippen molar-refractivity contribution in [2.24, 2.45) is 0 Å². The van der Waals surface area contributed by atoms with E-state index >= 15 is 0 Å². The number of carbonyl (C=O) groups is 2. The van der Waals surface area contributed by atoms with Crippen molar-refractivity contribution in [3.8, 4) is 5.75 Å². The number of hydrogen-bond donors (Lipinski definition) is 2. The molecule has 2 aromatic rings. The second kappa shape index (κ2) is 22.4. The summed E-state index contributed by atoms with van der Waals surface area (Å²) >= 11 is 0. The maximum absolute atomic E-state index is 13.4. The lowest BCUT2D eigenvalue weighted by Crippen LogP contribution is -2.57. The number of benzene rings is 1. The second-order valence-corrected chi connectivity index (χ2v) is 13.4. The molecule has 7 nitrogen and oxygen atoms in total. The van der Waals surface area contributed by atoms with Gasteiger partial charge in [0.1, 0.15) is 18.4 Å². The van der Waals surface area contributed by atoms with Crippen LogP contribution in [-0.4, -0.2) is 45.1 Å². The summed E-state index contributed by atoms with van der Waals surface area (Å²) in [5.41, 5.74) is 0.950. The van der Waals surface area contributed by atoms with Crippen LogP contribution < -0.4 is 10.1 Å². The van der Waals surface area contributed by atoms with Crippen molar-refractivity contribution in [2.75, 3.05) is 6.54 Å². The number of nitrogens with zero attached hydrogens (tertiary/aromatic N) is 2. The van der Waals surface area contributed by atoms with Gasteiger partial charge in [-0.25, -0.2) is 4.79 Å². The van der Waals surface area contributed by atoms with Gasteiger partial charge >= 0.3 is 6.09 Å². The van der Waals surface area contributed by atoms with Gasteiger partial charge in [0.25, 0.3) is 0 Å². The number of carbonyl (C=O) groups excluding carboxylic acids is 1. The molecular weight excluding hydrogens is 562 g/mol. The monoisotopic (exact) mass is 623 g/mol. The molecule has 1 aromatic heterocycles. The third-order valence-electron chi connectivity index (χ3n) is 8.32. The van der Waals surface area contributed by atoms with Crippen molar-refractivity contribution in [1.29, 1.82) is 0 Å². The van der Waals surface area contributed by atoms with Crippen LogP contribution in [0.4, 0.5) is 4.79 Å². The summed E-state index contributed by atoms with van der Waals surface area (Å²) in [5, 5.41) is 13.1. The van der Waals surface area contributed by atoms with Crippen LogP contribution >= 0.6 is 0 Å². The lowest BCUT2D eigenvalue weighted by molar-refractivity contribution is -0.127. The number of pyridine rings is 1. The zero-order valence-electron chi connectivity index (χ0n) is 28.7. The summed E-state index contributed by atoms with van der Waals surface area (Å²) in [6.45, 7) is 8.68. The standard InChI is InChI=1S/C38H61N3O4/c1-5-6-7-8-9-10-11-12-13-14-15-16-17-18-19-23-28-39-36(42)35(41(37(43)44)38(2,3)4)29-33-26-27-34(30-40-33)45-31-32-24-21-20-22-25-32/h20-22,24-27,30,35H,5-19,23,28-29,31H2,1-4H3,(H,39,42)(H,43,44). The maximum Gasteiger partial charge on any atom is 0.408 e. The third-order valence-corrected chi connectivity index (χ3v) is 8.32. The van der Waals surface area contributed by atoms with E-state index in [1.165, 1.54) is 94.8 Å². The molecule has 252 valence electrons. The average Bonchev–Trinajstić information content (AvgIpc) is 3.01. The molecule has 0 aliphatic rings. The summed E-state index contributed by atoms with van der Waals surface area (Å²) < 4.78 is 5.84. The van der Waals surface area contributed by atoms with E-state index in [1.54, 1.807) is 12.3 Å². The van der Waals surface area contributed by atoms with Crippen molar-refractivity contribution in [3.05, 3.63) is 59.9 Å². The zero-order valence-corrected chi connectivity index (χ0v) is 28.7. The van der Waals surface area contributed by atoms with Crippen molar-refractivity contribution < 1.29 is 19.4 Å². The van der Waals surface area contributed by atoms with Crippen molar-refractivity contribution in [2.45, 2.75) is 155 Å². The van der Waals surface area contributed by atoms with Crippen LogP contribution in [0.1, 0.15) is 142 Å². The van der Waals surface area contributed by atoms with Crippen LogP contribution in [0.15, 0.2) is 48.7 Å². The first-order chi connectivity index (χ1) is 21.7. The summed E-state index contributed by atoms with van der Waals surface area (Å²) in [5.74, 6) is 0.345. The lowest BCUT2D eigenvalue weighted by atomic mass is 9.99. The van der Waals surface area contributed by atoms with Crippen LogP contribution in [0.25, 0.3) is 0 Å². The largest absolute Gasteiger partial charge is 0.487 e.